The summed E-state index contributed by atoms with van der Waals surface area (Å²) in [5, 5.41) is 2.89. The van der Waals surface area contributed by atoms with E-state index >= 15 is 0 Å². The fourth-order valence-electron chi connectivity index (χ4n) is 1.99. The van der Waals surface area contributed by atoms with E-state index in [1.165, 1.54) is 5.56 Å². The van der Waals surface area contributed by atoms with Crippen LogP contribution in [-0.4, -0.2) is 5.91 Å². The van der Waals surface area contributed by atoms with Crippen LogP contribution in [0, 0.1) is 20.8 Å². The van der Waals surface area contributed by atoms with Gasteiger partial charge >= 0.3 is 0 Å². The van der Waals surface area contributed by atoms with Gasteiger partial charge in [0.1, 0.15) is 0 Å². The quantitative estimate of drug-likeness (QED) is 0.592. The summed E-state index contributed by atoms with van der Waals surface area (Å²) >= 11 is 0. The van der Waals surface area contributed by atoms with Crippen LogP contribution >= 0.6 is 0 Å². The van der Waals surface area contributed by atoms with Crippen LogP contribution < -0.4 is 16.6 Å². The first-order chi connectivity index (χ1) is 9.51. The molecule has 104 valence electrons. The highest BCUT2D eigenvalue weighted by Crippen LogP contribution is 2.19. The van der Waals surface area contributed by atoms with Gasteiger partial charge in [-0.05, 0) is 61.7 Å². The van der Waals surface area contributed by atoms with Gasteiger partial charge in [-0.3, -0.25) is 10.6 Å². The van der Waals surface area contributed by atoms with E-state index in [4.69, 9.17) is 5.84 Å². The number of hydrogen-bond donors (Lipinski definition) is 3. The summed E-state index contributed by atoms with van der Waals surface area (Å²) in [5.74, 6) is 5.29. The molecule has 0 saturated carbocycles. The molecule has 0 aliphatic rings. The number of carbonyl (C=O) groups excluding carboxylic acids is 1. The first-order valence-electron chi connectivity index (χ1n) is 6.47. The number of benzene rings is 2. The molecule has 0 fully saturated rings. The summed E-state index contributed by atoms with van der Waals surface area (Å²) in [6.45, 7) is 6.01. The fourth-order valence-corrected chi connectivity index (χ4v) is 1.99. The molecule has 2 aromatic rings. The highest BCUT2D eigenvalue weighted by Gasteiger charge is 2.11. The molecule has 4 heteroatoms. The summed E-state index contributed by atoms with van der Waals surface area (Å²) in [5.41, 5.74) is 7.87. The minimum Gasteiger partial charge on any atom is -0.323 e. The number of amides is 1. The molecule has 0 aliphatic carbocycles. The van der Waals surface area contributed by atoms with Gasteiger partial charge in [0.2, 0.25) is 0 Å². The van der Waals surface area contributed by atoms with E-state index < -0.39 is 0 Å². The number of nitrogen functional groups attached to an aromatic ring is 1. The van der Waals surface area contributed by atoms with Gasteiger partial charge in [0.15, 0.2) is 0 Å². The van der Waals surface area contributed by atoms with E-state index in [1.54, 1.807) is 6.07 Å². The fraction of sp³-hybridized carbons (Fsp3) is 0.188. The summed E-state index contributed by atoms with van der Waals surface area (Å²) < 4.78 is 0. The molecule has 0 radical (unpaired) electrons. The average Bonchev–Trinajstić information content (AvgIpc) is 2.42. The van der Waals surface area contributed by atoms with Gasteiger partial charge in [-0.15, -0.1) is 0 Å². The molecular weight excluding hydrogens is 250 g/mol. The second-order valence-corrected chi connectivity index (χ2v) is 4.95. The number of carbonyl (C=O) groups is 1. The SMILES string of the molecule is Cc1ccc(C(=O)Nc2ccc(C)c(C)c2)c(NN)c1. The monoisotopic (exact) mass is 269 g/mol. The van der Waals surface area contributed by atoms with Crippen LogP contribution in [0.15, 0.2) is 36.4 Å². The summed E-state index contributed by atoms with van der Waals surface area (Å²) in [6, 6.07) is 11.3. The number of nitrogens with one attached hydrogen (secondary N) is 2. The minimum atomic E-state index is -0.179. The molecule has 2 aromatic carbocycles. The second kappa shape index (κ2) is 5.75. The molecule has 0 atom stereocenters. The van der Waals surface area contributed by atoms with Crippen LogP contribution in [0.4, 0.5) is 11.4 Å². The van der Waals surface area contributed by atoms with Gasteiger partial charge in [-0.2, -0.15) is 0 Å². The van der Waals surface area contributed by atoms with E-state index in [2.05, 4.69) is 10.7 Å². The molecule has 2 rings (SSSR count). The Morgan fingerprint density at radius 3 is 2.40 bits per heavy atom. The first-order valence-corrected chi connectivity index (χ1v) is 6.47. The molecule has 20 heavy (non-hydrogen) atoms. The van der Waals surface area contributed by atoms with Crippen molar-refractivity contribution < 1.29 is 4.79 Å². The van der Waals surface area contributed by atoms with Crippen LogP contribution in [0.25, 0.3) is 0 Å². The maximum atomic E-state index is 12.3. The van der Waals surface area contributed by atoms with E-state index in [1.807, 2.05) is 51.1 Å². The molecule has 4 nitrogen and oxygen atoms in total. The molecule has 0 unspecified atom stereocenters. The lowest BCUT2D eigenvalue weighted by atomic mass is 10.1. The highest BCUT2D eigenvalue weighted by molar-refractivity contribution is 6.08. The van der Waals surface area contributed by atoms with Crippen LogP contribution in [0.3, 0.4) is 0 Å². The second-order valence-electron chi connectivity index (χ2n) is 4.95. The van der Waals surface area contributed by atoms with E-state index in [0.29, 0.717) is 11.3 Å². The van der Waals surface area contributed by atoms with Crippen molar-refractivity contribution in [3.05, 3.63) is 58.7 Å². The lowest BCUT2D eigenvalue weighted by molar-refractivity contribution is 0.102. The third-order valence-corrected chi connectivity index (χ3v) is 3.34. The molecule has 0 heterocycles. The highest BCUT2D eigenvalue weighted by atomic mass is 16.1. The zero-order valence-electron chi connectivity index (χ0n) is 11.9. The van der Waals surface area contributed by atoms with Gasteiger partial charge in [-0.25, -0.2) is 0 Å². The van der Waals surface area contributed by atoms with Crippen LogP contribution in [0.1, 0.15) is 27.0 Å². The standard InChI is InChI=1S/C16H19N3O/c1-10-4-7-14(15(8-10)19-17)16(20)18-13-6-5-11(2)12(3)9-13/h4-9,19H,17H2,1-3H3,(H,18,20). The molecular formula is C16H19N3O. The predicted octanol–water partition coefficient (Wildman–Crippen LogP) is 3.15. The van der Waals surface area contributed by atoms with Gasteiger partial charge in [0.25, 0.3) is 5.91 Å². The van der Waals surface area contributed by atoms with Crippen molar-refractivity contribution in [1.29, 1.82) is 0 Å². The smallest absolute Gasteiger partial charge is 0.257 e. The zero-order valence-corrected chi connectivity index (χ0v) is 11.9. The maximum Gasteiger partial charge on any atom is 0.257 e. The van der Waals surface area contributed by atoms with Crippen LogP contribution in [-0.2, 0) is 0 Å². The van der Waals surface area contributed by atoms with Crippen molar-refractivity contribution in [2.24, 2.45) is 5.84 Å². The number of hydrogen-bond acceptors (Lipinski definition) is 3. The molecule has 1 amide bonds. The van der Waals surface area contributed by atoms with Crippen molar-refractivity contribution >= 4 is 17.3 Å². The van der Waals surface area contributed by atoms with Gasteiger partial charge in [0, 0.05) is 5.69 Å². The van der Waals surface area contributed by atoms with Crippen LogP contribution in [0.2, 0.25) is 0 Å². The number of nitrogens with two attached hydrogens (primary N) is 1. The third kappa shape index (κ3) is 2.97. The Hall–Kier alpha value is -2.33. The van der Waals surface area contributed by atoms with Gasteiger partial charge in [-0.1, -0.05) is 12.1 Å². The lowest BCUT2D eigenvalue weighted by Crippen LogP contribution is -2.17. The Morgan fingerprint density at radius 1 is 1.00 bits per heavy atom. The van der Waals surface area contributed by atoms with Gasteiger partial charge in [0.05, 0.1) is 11.3 Å². The zero-order chi connectivity index (χ0) is 14.7. The van der Waals surface area contributed by atoms with Gasteiger partial charge < -0.3 is 10.7 Å². The van der Waals surface area contributed by atoms with Crippen molar-refractivity contribution in [1.82, 2.24) is 0 Å². The van der Waals surface area contributed by atoms with Crippen LogP contribution in [0.5, 0.6) is 0 Å². The lowest BCUT2D eigenvalue weighted by Gasteiger charge is -2.11. The normalized spacial score (nSPS) is 10.2. The molecule has 0 saturated heterocycles. The molecule has 0 aromatic heterocycles. The van der Waals surface area contributed by atoms with E-state index in [9.17, 15) is 4.79 Å². The molecule has 4 N–H and O–H groups in total. The Kier molecular flexibility index (Phi) is 4.05. The predicted molar refractivity (Wildman–Crippen MR) is 82.9 cm³/mol. The van der Waals surface area contributed by atoms with Crippen molar-refractivity contribution in [2.45, 2.75) is 20.8 Å². The van der Waals surface area contributed by atoms with E-state index in [-0.39, 0.29) is 5.91 Å². The number of anilines is 2. The molecule has 0 aliphatic heterocycles. The first kappa shape index (κ1) is 14.1. The average molecular weight is 269 g/mol. The Bertz CT molecular complexity index is 650. The number of hydrazine groups is 1. The Balaban J connectivity index is 2.25. The number of aryl methyl sites for hydroxylation is 3. The largest absolute Gasteiger partial charge is 0.323 e. The summed E-state index contributed by atoms with van der Waals surface area (Å²) in [7, 11) is 0. The third-order valence-electron chi connectivity index (χ3n) is 3.34. The minimum absolute atomic E-state index is 0.179. The summed E-state index contributed by atoms with van der Waals surface area (Å²) in [4.78, 5) is 12.3. The van der Waals surface area contributed by atoms with E-state index in [0.717, 1.165) is 16.8 Å². The molecule has 0 bridgehead atoms. The Morgan fingerprint density at radius 2 is 1.75 bits per heavy atom. The van der Waals surface area contributed by atoms with Crippen molar-refractivity contribution in [3.63, 3.8) is 0 Å². The number of rotatable bonds is 3. The topological polar surface area (TPSA) is 67.2 Å². The van der Waals surface area contributed by atoms with Crippen molar-refractivity contribution in [3.8, 4) is 0 Å². The Labute approximate surface area is 119 Å². The maximum absolute atomic E-state index is 12.3. The summed E-state index contributed by atoms with van der Waals surface area (Å²) in [6.07, 6.45) is 0. The molecule has 0 spiro atoms. The van der Waals surface area contributed by atoms with Crippen molar-refractivity contribution in [2.75, 3.05) is 10.7 Å².